The Balaban J connectivity index is 1.93. The maximum atomic E-state index is 13.4. The molecule has 0 aromatic heterocycles. The Morgan fingerprint density at radius 3 is 2.47 bits per heavy atom. The minimum atomic E-state index is -0.545. The van der Waals surface area contributed by atoms with Gasteiger partial charge in [0.15, 0.2) is 0 Å². The SMILES string of the molecule is COC1CCC(Nc2ccc(F)cc2F)CC1. The molecule has 1 fully saturated rings. The quantitative estimate of drug-likeness (QED) is 0.876. The Bertz CT molecular complexity index is 376. The fourth-order valence-electron chi connectivity index (χ4n) is 2.27. The van der Waals surface area contributed by atoms with Crippen LogP contribution in [-0.2, 0) is 4.74 Å². The van der Waals surface area contributed by atoms with Crippen molar-refractivity contribution in [3.05, 3.63) is 29.8 Å². The molecule has 0 saturated heterocycles. The van der Waals surface area contributed by atoms with Gasteiger partial charge >= 0.3 is 0 Å². The number of halogens is 2. The van der Waals surface area contributed by atoms with Crippen LogP contribution >= 0.6 is 0 Å². The maximum absolute atomic E-state index is 13.4. The Labute approximate surface area is 100.0 Å². The van der Waals surface area contributed by atoms with Crippen LogP contribution in [0.4, 0.5) is 14.5 Å². The highest BCUT2D eigenvalue weighted by atomic mass is 19.1. The van der Waals surface area contributed by atoms with Crippen molar-refractivity contribution in [3.8, 4) is 0 Å². The van der Waals surface area contributed by atoms with Gasteiger partial charge in [-0.3, -0.25) is 0 Å². The molecule has 1 N–H and O–H groups in total. The normalized spacial score (nSPS) is 24.6. The molecule has 1 aliphatic carbocycles. The van der Waals surface area contributed by atoms with Crippen LogP contribution in [0.25, 0.3) is 0 Å². The van der Waals surface area contributed by atoms with Crippen LogP contribution in [0, 0.1) is 11.6 Å². The smallest absolute Gasteiger partial charge is 0.149 e. The lowest BCUT2D eigenvalue weighted by atomic mass is 9.93. The second kappa shape index (κ2) is 5.45. The largest absolute Gasteiger partial charge is 0.381 e. The molecule has 0 aliphatic heterocycles. The average molecular weight is 241 g/mol. The van der Waals surface area contributed by atoms with E-state index in [2.05, 4.69) is 5.32 Å². The summed E-state index contributed by atoms with van der Waals surface area (Å²) in [5, 5.41) is 3.12. The number of hydrogen-bond donors (Lipinski definition) is 1. The summed E-state index contributed by atoms with van der Waals surface area (Å²) >= 11 is 0. The van der Waals surface area contributed by atoms with E-state index in [1.807, 2.05) is 0 Å². The van der Waals surface area contributed by atoms with E-state index >= 15 is 0 Å². The molecule has 0 radical (unpaired) electrons. The monoisotopic (exact) mass is 241 g/mol. The number of hydrogen-bond acceptors (Lipinski definition) is 2. The molecule has 94 valence electrons. The number of anilines is 1. The standard InChI is InChI=1S/C13H17F2NO/c1-17-11-5-3-10(4-6-11)16-13-7-2-9(14)8-12(13)15/h2,7-8,10-11,16H,3-6H2,1H3. The highest BCUT2D eigenvalue weighted by molar-refractivity contribution is 5.45. The second-order valence-electron chi connectivity index (χ2n) is 4.48. The molecule has 1 aromatic rings. The van der Waals surface area contributed by atoms with E-state index < -0.39 is 11.6 Å². The van der Waals surface area contributed by atoms with Gasteiger partial charge in [0, 0.05) is 19.2 Å². The van der Waals surface area contributed by atoms with Crippen molar-refractivity contribution in [3.63, 3.8) is 0 Å². The fraction of sp³-hybridized carbons (Fsp3) is 0.538. The Morgan fingerprint density at radius 1 is 1.18 bits per heavy atom. The predicted molar refractivity (Wildman–Crippen MR) is 63.0 cm³/mol. The minimum Gasteiger partial charge on any atom is -0.381 e. The van der Waals surface area contributed by atoms with Crippen LogP contribution < -0.4 is 5.32 Å². The van der Waals surface area contributed by atoms with E-state index in [0.717, 1.165) is 31.7 Å². The first-order valence-corrected chi connectivity index (χ1v) is 5.93. The Kier molecular flexibility index (Phi) is 3.94. The van der Waals surface area contributed by atoms with Crippen molar-refractivity contribution in [1.82, 2.24) is 0 Å². The van der Waals surface area contributed by atoms with E-state index in [-0.39, 0.29) is 6.04 Å². The molecule has 4 heteroatoms. The topological polar surface area (TPSA) is 21.3 Å². The minimum absolute atomic E-state index is 0.251. The summed E-state index contributed by atoms with van der Waals surface area (Å²) < 4.78 is 31.4. The maximum Gasteiger partial charge on any atom is 0.149 e. The zero-order valence-corrected chi connectivity index (χ0v) is 9.88. The summed E-state index contributed by atoms with van der Waals surface area (Å²) in [7, 11) is 1.72. The number of ether oxygens (including phenoxy) is 1. The van der Waals surface area contributed by atoms with Crippen molar-refractivity contribution in [1.29, 1.82) is 0 Å². The van der Waals surface area contributed by atoms with Crippen LogP contribution in [0.5, 0.6) is 0 Å². The van der Waals surface area contributed by atoms with Crippen molar-refractivity contribution in [2.24, 2.45) is 0 Å². The summed E-state index contributed by atoms with van der Waals surface area (Å²) in [4.78, 5) is 0. The summed E-state index contributed by atoms with van der Waals surface area (Å²) in [5.41, 5.74) is 0.382. The molecule has 0 bridgehead atoms. The first kappa shape index (κ1) is 12.3. The summed E-state index contributed by atoms with van der Waals surface area (Å²) in [6.45, 7) is 0. The first-order chi connectivity index (χ1) is 8.19. The van der Waals surface area contributed by atoms with Gasteiger partial charge in [-0.05, 0) is 37.8 Å². The molecule has 0 atom stereocenters. The van der Waals surface area contributed by atoms with Gasteiger partial charge in [-0.2, -0.15) is 0 Å². The molecule has 0 heterocycles. The van der Waals surface area contributed by atoms with Crippen LogP contribution in [0.3, 0.4) is 0 Å². The van der Waals surface area contributed by atoms with Crippen molar-refractivity contribution >= 4 is 5.69 Å². The third-order valence-corrected chi connectivity index (χ3v) is 3.30. The number of benzene rings is 1. The third-order valence-electron chi connectivity index (χ3n) is 3.30. The average Bonchev–Trinajstić information content (AvgIpc) is 2.34. The molecular weight excluding hydrogens is 224 g/mol. The summed E-state index contributed by atoms with van der Waals surface area (Å²) in [6.07, 6.45) is 4.20. The van der Waals surface area contributed by atoms with Gasteiger partial charge in [-0.25, -0.2) is 8.78 Å². The van der Waals surface area contributed by atoms with E-state index in [4.69, 9.17) is 4.74 Å². The molecule has 17 heavy (non-hydrogen) atoms. The lowest BCUT2D eigenvalue weighted by Crippen LogP contribution is -2.29. The van der Waals surface area contributed by atoms with Gasteiger partial charge in [0.05, 0.1) is 11.8 Å². The molecule has 0 amide bonds. The number of nitrogens with one attached hydrogen (secondary N) is 1. The van der Waals surface area contributed by atoms with Crippen LogP contribution in [0.2, 0.25) is 0 Å². The number of methoxy groups -OCH3 is 1. The lowest BCUT2D eigenvalue weighted by molar-refractivity contribution is 0.0681. The van der Waals surface area contributed by atoms with Crippen LogP contribution in [0.1, 0.15) is 25.7 Å². The van der Waals surface area contributed by atoms with E-state index in [1.54, 1.807) is 7.11 Å². The van der Waals surface area contributed by atoms with E-state index in [1.165, 1.54) is 12.1 Å². The zero-order valence-electron chi connectivity index (χ0n) is 9.88. The predicted octanol–water partition coefficient (Wildman–Crippen LogP) is 3.33. The van der Waals surface area contributed by atoms with Gasteiger partial charge in [0.25, 0.3) is 0 Å². The van der Waals surface area contributed by atoms with Gasteiger partial charge in [-0.1, -0.05) is 0 Å². The third kappa shape index (κ3) is 3.16. The molecule has 1 aliphatic rings. The molecular formula is C13H17F2NO. The van der Waals surface area contributed by atoms with Crippen molar-refractivity contribution in [2.45, 2.75) is 37.8 Å². The molecule has 1 aromatic carbocycles. The second-order valence-corrected chi connectivity index (χ2v) is 4.48. The van der Waals surface area contributed by atoms with Crippen molar-refractivity contribution < 1.29 is 13.5 Å². The Hall–Kier alpha value is -1.16. The Morgan fingerprint density at radius 2 is 1.88 bits per heavy atom. The van der Waals surface area contributed by atoms with Gasteiger partial charge < -0.3 is 10.1 Å². The highest BCUT2D eigenvalue weighted by Gasteiger charge is 2.21. The fourth-order valence-corrected chi connectivity index (χ4v) is 2.27. The summed E-state index contributed by atoms with van der Waals surface area (Å²) in [6, 6.07) is 3.88. The van der Waals surface area contributed by atoms with E-state index in [0.29, 0.717) is 11.8 Å². The zero-order chi connectivity index (χ0) is 12.3. The summed E-state index contributed by atoms with van der Waals surface area (Å²) in [5.74, 6) is -1.07. The molecule has 2 rings (SSSR count). The first-order valence-electron chi connectivity index (χ1n) is 5.93. The van der Waals surface area contributed by atoms with Crippen molar-refractivity contribution in [2.75, 3.05) is 12.4 Å². The highest BCUT2D eigenvalue weighted by Crippen LogP contribution is 2.25. The van der Waals surface area contributed by atoms with Gasteiger partial charge in [-0.15, -0.1) is 0 Å². The number of rotatable bonds is 3. The van der Waals surface area contributed by atoms with Crippen LogP contribution in [0.15, 0.2) is 18.2 Å². The lowest BCUT2D eigenvalue weighted by Gasteiger charge is -2.29. The van der Waals surface area contributed by atoms with Gasteiger partial charge in [0.1, 0.15) is 11.6 Å². The molecule has 0 spiro atoms. The molecule has 1 saturated carbocycles. The molecule has 0 unspecified atom stereocenters. The van der Waals surface area contributed by atoms with Gasteiger partial charge in [0.2, 0.25) is 0 Å². The molecule has 2 nitrogen and oxygen atoms in total. The van der Waals surface area contributed by atoms with Crippen LogP contribution in [-0.4, -0.2) is 19.3 Å². The van der Waals surface area contributed by atoms with E-state index in [9.17, 15) is 8.78 Å².